The number of carbonyl (C=O) groups excluding carboxylic acids is 1. The number of carbonyl (C=O) groups is 1. The second kappa shape index (κ2) is 6.97. The van der Waals surface area contributed by atoms with Crippen LogP contribution in [0.4, 0.5) is 0 Å². The van der Waals surface area contributed by atoms with Crippen LogP contribution in [0.15, 0.2) is 48.0 Å². The first-order chi connectivity index (χ1) is 12.9. The molecule has 4 rings (SSSR count). The van der Waals surface area contributed by atoms with E-state index in [4.69, 9.17) is 23.2 Å². The van der Waals surface area contributed by atoms with Crippen LogP contribution in [0.2, 0.25) is 10.0 Å². The van der Waals surface area contributed by atoms with Crippen molar-refractivity contribution >= 4 is 35.1 Å². The van der Waals surface area contributed by atoms with Crippen LogP contribution in [0.25, 0.3) is 6.08 Å². The van der Waals surface area contributed by atoms with E-state index in [2.05, 4.69) is 11.9 Å². The van der Waals surface area contributed by atoms with E-state index >= 15 is 0 Å². The Kier molecular flexibility index (Phi) is 4.79. The van der Waals surface area contributed by atoms with Gasteiger partial charge in [-0.3, -0.25) is 9.69 Å². The summed E-state index contributed by atoms with van der Waals surface area (Å²) in [6.45, 7) is 0.909. The van der Waals surface area contributed by atoms with Crippen LogP contribution in [0.5, 0.6) is 5.75 Å². The van der Waals surface area contributed by atoms with Gasteiger partial charge in [0, 0.05) is 23.5 Å². The number of nitrogens with zero attached hydrogens (tertiary/aromatic N) is 1. The fourth-order valence-electron chi connectivity index (χ4n) is 4.44. The third-order valence-electron chi connectivity index (χ3n) is 5.96. The minimum absolute atomic E-state index is 0.0526. The molecule has 0 amide bonds. The molecule has 2 atom stereocenters. The lowest BCUT2D eigenvalue weighted by atomic mass is 9.61. The number of ketones is 1. The van der Waals surface area contributed by atoms with Crippen molar-refractivity contribution in [1.82, 2.24) is 4.90 Å². The first-order valence-electron chi connectivity index (χ1n) is 9.08. The van der Waals surface area contributed by atoms with Crippen molar-refractivity contribution in [1.29, 1.82) is 0 Å². The highest BCUT2D eigenvalue weighted by Crippen LogP contribution is 2.48. The lowest BCUT2D eigenvalue weighted by molar-refractivity contribution is -0.120. The predicted molar refractivity (Wildman–Crippen MR) is 109 cm³/mol. The van der Waals surface area contributed by atoms with Gasteiger partial charge in [-0.15, -0.1) is 0 Å². The quantitative estimate of drug-likeness (QED) is 0.712. The molecule has 1 aliphatic heterocycles. The molecule has 3 nitrogen and oxygen atoms in total. The number of phenolic OH excluding ortho intramolecular Hbond substituents is 1. The second-order valence-corrected chi connectivity index (χ2v) is 8.47. The highest BCUT2D eigenvalue weighted by Gasteiger charge is 2.48. The first-order valence-corrected chi connectivity index (χ1v) is 9.83. The van der Waals surface area contributed by atoms with Crippen molar-refractivity contribution in [3.63, 3.8) is 0 Å². The van der Waals surface area contributed by atoms with Crippen LogP contribution in [0.3, 0.4) is 0 Å². The molecule has 2 fully saturated rings. The number of Topliss-reactive ketones (excluding diaryl/α,β-unsaturated/α-hetero) is 1. The summed E-state index contributed by atoms with van der Waals surface area (Å²) in [4.78, 5) is 15.4. The molecule has 2 aromatic carbocycles. The molecule has 0 aromatic heterocycles. The van der Waals surface area contributed by atoms with E-state index in [-0.39, 0.29) is 23.0 Å². The number of hydrogen-bond donors (Lipinski definition) is 1. The lowest BCUT2D eigenvalue weighted by Crippen LogP contribution is -2.53. The van der Waals surface area contributed by atoms with Gasteiger partial charge in [0.05, 0.1) is 10.0 Å². The third kappa shape index (κ3) is 3.40. The van der Waals surface area contributed by atoms with E-state index in [1.165, 1.54) is 0 Å². The minimum Gasteiger partial charge on any atom is -0.508 e. The van der Waals surface area contributed by atoms with Crippen LogP contribution in [0, 0.1) is 0 Å². The van der Waals surface area contributed by atoms with E-state index in [9.17, 15) is 9.90 Å². The number of likely N-dealkylation sites (tertiary alicyclic amines) is 1. The first kappa shape index (κ1) is 18.5. The summed E-state index contributed by atoms with van der Waals surface area (Å²) >= 11 is 12.1. The summed E-state index contributed by atoms with van der Waals surface area (Å²) in [7, 11) is 2.07. The molecule has 2 aromatic rings. The maximum atomic E-state index is 13.2. The molecule has 5 heteroatoms. The number of benzene rings is 2. The number of phenols is 1. The number of rotatable bonds is 2. The average Bonchev–Trinajstić information content (AvgIpc) is 2.64. The molecular formula is C22H21Cl2NO2. The Balaban J connectivity index is 1.73. The van der Waals surface area contributed by atoms with Crippen LogP contribution >= 0.6 is 23.2 Å². The Morgan fingerprint density at radius 1 is 1.19 bits per heavy atom. The maximum absolute atomic E-state index is 13.2. The van der Waals surface area contributed by atoms with E-state index in [0.717, 1.165) is 36.1 Å². The van der Waals surface area contributed by atoms with Crippen LogP contribution in [-0.4, -0.2) is 35.4 Å². The molecule has 0 unspecified atom stereocenters. The summed E-state index contributed by atoms with van der Waals surface area (Å²) < 4.78 is 0. The van der Waals surface area contributed by atoms with Crippen LogP contribution in [0.1, 0.15) is 30.4 Å². The molecule has 1 aliphatic carbocycles. The molecule has 27 heavy (non-hydrogen) atoms. The lowest BCUT2D eigenvalue weighted by Gasteiger charge is -2.50. The number of likely N-dealkylation sites (N-methyl/N-ethyl adjacent to an activating group) is 1. The van der Waals surface area contributed by atoms with Gasteiger partial charge in [-0.05, 0) is 67.9 Å². The van der Waals surface area contributed by atoms with E-state index in [0.29, 0.717) is 16.5 Å². The van der Waals surface area contributed by atoms with Gasteiger partial charge in [0.15, 0.2) is 5.78 Å². The Morgan fingerprint density at radius 2 is 2.00 bits per heavy atom. The SMILES string of the molecule is CN1CC[C@@]2(c3cccc(O)c3)CC(=O)/C(=C/c3ccc(Cl)c(Cl)c3)[C@@H]1C2. The number of fused-ring (bicyclic) bond motifs is 2. The summed E-state index contributed by atoms with van der Waals surface area (Å²) in [6.07, 6.45) is 4.19. The fraction of sp³-hybridized carbons (Fsp3) is 0.318. The molecule has 0 spiro atoms. The summed E-state index contributed by atoms with van der Waals surface area (Å²) in [5.41, 5.74) is 2.56. The third-order valence-corrected chi connectivity index (χ3v) is 6.70. The zero-order valence-electron chi connectivity index (χ0n) is 15.1. The van der Waals surface area contributed by atoms with Gasteiger partial charge in [0.25, 0.3) is 0 Å². The Bertz CT molecular complexity index is 940. The summed E-state index contributed by atoms with van der Waals surface area (Å²) in [6, 6.07) is 12.9. The molecule has 0 radical (unpaired) electrons. The zero-order chi connectivity index (χ0) is 19.2. The largest absolute Gasteiger partial charge is 0.508 e. The van der Waals surface area contributed by atoms with Crippen molar-refractivity contribution in [2.45, 2.75) is 30.7 Å². The topological polar surface area (TPSA) is 40.5 Å². The molecule has 1 saturated carbocycles. The number of aromatic hydroxyl groups is 1. The van der Waals surface area contributed by atoms with E-state index in [1.54, 1.807) is 18.2 Å². The molecule has 1 heterocycles. The van der Waals surface area contributed by atoms with Gasteiger partial charge in [0.2, 0.25) is 0 Å². The van der Waals surface area contributed by atoms with E-state index in [1.807, 2.05) is 30.3 Å². The van der Waals surface area contributed by atoms with Gasteiger partial charge >= 0.3 is 0 Å². The van der Waals surface area contributed by atoms with Crippen molar-refractivity contribution in [2.24, 2.45) is 0 Å². The Labute approximate surface area is 169 Å². The van der Waals surface area contributed by atoms with Crippen molar-refractivity contribution < 1.29 is 9.90 Å². The van der Waals surface area contributed by atoms with Crippen molar-refractivity contribution in [3.05, 3.63) is 69.2 Å². The monoisotopic (exact) mass is 401 g/mol. The predicted octanol–water partition coefficient (Wildman–Crippen LogP) is 5.09. The van der Waals surface area contributed by atoms with Gasteiger partial charge < -0.3 is 5.11 Å². The molecule has 1 saturated heterocycles. The highest BCUT2D eigenvalue weighted by molar-refractivity contribution is 6.42. The number of halogens is 2. The normalized spacial score (nSPS) is 27.1. The average molecular weight is 402 g/mol. The minimum atomic E-state index is -0.206. The van der Waals surface area contributed by atoms with Crippen molar-refractivity contribution in [2.75, 3.05) is 13.6 Å². The molecule has 140 valence electrons. The zero-order valence-corrected chi connectivity index (χ0v) is 16.6. The summed E-state index contributed by atoms with van der Waals surface area (Å²) in [5, 5.41) is 10.9. The molecule has 1 N–H and O–H groups in total. The van der Waals surface area contributed by atoms with Gasteiger partial charge in [0.1, 0.15) is 5.75 Å². The number of piperidine rings is 1. The van der Waals surface area contributed by atoms with Gasteiger partial charge in [-0.25, -0.2) is 0 Å². The number of hydrogen-bond acceptors (Lipinski definition) is 3. The highest BCUT2D eigenvalue weighted by atomic mass is 35.5. The summed E-state index contributed by atoms with van der Waals surface area (Å²) in [5.74, 6) is 0.411. The Hall–Kier alpha value is -1.81. The standard InChI is InChI=1S/C22H21Cl2NO2/c1-25-8-7-22(15-3-2-4-16(26)11-15)12-20(25)17(21(27)13-22)9-14-5-6-18(23)19(24)10-14/h2-6,9-11,20,26H,7-8,12-13H2,1H3/b17-9+/t20-,22-/m0/s1. The van der Waals surface area contributed by atoms with Crippen LogP contribution in [-0.2, 0) is 10.2 Å². The fourth-order valence-corrected chi connectivity index (χ4v) is 4.74. The second-order valence-electron chi connectivity index (χ2n) is 7.65. The van der Waals surface area contributed by atoms with Gasteiger partial charge in [-0.2, -0.15) is 0 Å². The van der Waals surface area contributed by atoms with Crippen LogP contribution < -0.4 is 0 Å². The molecule has 2 bridgehead atoms. The maximum Gasteiger partial charge on any atom is 0.161 e. The molecular weight excluding hydrogens is 381 g/mol. The van der Waals surface area contributed by atoms with E-state index < -0.39 is 0 Å². The smallest absolute Gasteiger partial charge is 0.161 e. The van der Waals surface area contributed by atoms with Crippen molar-refractivity contribution in [3.8, 4) is 5.75 Å². The Morgan fingerprint density at radius 3 is 2.74 bits per heavy atom. The molecule has 2 aliphatic rings. The van der Waals surface area contributed by atoms with Gasteiger partial charge in [-0.1, -0.05) is 41.4 Å².